The number of aliphatic imine (C=N–C) groups is 1. The second kappa shape index (κ2) is 6.34. The summed E-state index contributed by atoms with van der Waals surface area (Å²) < 4.78 is 0. The highest BCUT2D eigenvalue weighted by Gasteiger charge is 2.41. The van der Waals surface area contributed by atoms with Crippen LogP contribution in [0.25, 0.3) is 0 Å². The number of nitrogens with zero attached hydrogens (tertiary/aromatic N) is 3. The van der Waals surface area contributed by atoms with Gasteiger partial charge in [0.2, 0.25) is 0 Å². The first-order chi connectivity index (χ1) is 10.2. The van der Waals surface area contributed by atoms with Gasteiger partial charge >= 0.3 is 0 Å². The van der Waals surface area contributed by atoms with Gasteiger partial charge in [0, 0.05) is 31.2 Å². The number of thiazole rings is 1. The van der Waals surface area contributed by atoms with E-state index in [1.165, 1.54) is 43.5 Å². The highest BCUT2D eigenvalue weighted by atomic mass is 32.1. The second-order valence-electron chi connectivity index (χ2n) is 6.35. The van der Waals surface area contributed by atoms with Crippen molar-refractivity contribution in [3.05, 3.63) is 16.1 Å². The Morgan fingerprint density at radius 2 is 2.24 bits per heavy atom. The third kappa shape index (κ3) is 3.23. The third-order valence-electron chi connectivity index (χ3n) is 4.96. The summed E-state index contributed by atoms with van der Waals surface area (Å²) in [6, 6.07) is 0. The molecule has 5 heteroatoms. The topological polar surface area (TPSA) is 40.5 Å². The Morgan fingerprint density at radius 3 is 2.90 bits per heavy atom. The van der Waals surface area contributed by atoms with Crippen molar-refractivity contribution < 1.29 is 0 Å². The van der Waals surface area contributed by atoms with Gasteiger partial charge in [-0.15, -0.1) is 11.3 Å². The summed E-state index contributed by atoms with van der Waals surface area (Å²) in [7, 11) is 1.89. The molecule has 0 unspecified atom stereocenters. The van der Waals surface area contributed by atoms with Crippen LogP contribution in [-0.2, 0) is 13.0 Å². The Balaban J connectivity index is 1.56. The lowest BCUT2D eigenvalue weighted by molar-refractivity contribution is 0.309. The van der Waals surface area contributed by atoms with E-state index in [0.717, 1.165) is 30.5 Å². The summed E-state index contributed by atoms with van der Waals surface area (Å²) in [5.41, 5.74) is 0.591. The van der Waals surface area contributed by atoms with Crippen LogP contribution in [0.15, 0.2) is 11.2 Å². The van der Waals surface area contributed by atoms with Crippen LogP contribution in [0.2, 0.25) is 0 Å². The highest BCUT2D eigenvalue weighted by Crippen LogP contribution is 2.45. The molecule has 1 saturated carbocycles. The maximum absolute atomic E-state index is 4.47. The first-order valence-corrected chi connectivity index (χ1v) is 8.95. The molecular weight excluding hydrogens is 280 g/mol. The van der Waals surface area contributed by atoms with Crippen molar-refractivity contribution in [2.24, 2.45) is 10.4 Å². The zero-order chi connectivity index (χ0) is 14.7. The quantitative estimate of drug-likeness (QED) is 0.689. The van der Waals surface area contributed by atoms with Gasteiger partial charge in [0.25, 0.3) is 0 Å². The molecule has 1 spiro atoms. The van der Waals surface area contributed by atoms with Crippen LogP contribution < -0.4 is 5.32 Å². The fourth-order valence-corrected chi connectivity index (χ4v) is 4.53. The number of guanidine groups is 1. The summed E-state index contributed by atoms with van der Waals surface area (Å²) in [4.78, 5) is 12.7. The molecule has 21 heavy (non-hydrogen) atoms. The predicted molar refractivity (Wildman–Crippen MR) is 88.8 cm³/mol. The molecule has 1 aromatic rings. The minimum absolute atomic E-state index is 0.591. The molecule has 0 radical (unpaired) electrons. The molecule has 116 valence electrons. The number of likely N-dealkylation sites (tertiary alicyclic amines) is 1. The average molecular weight is 306 g/mol. The lowest BCUT2D eigenvalue weighted by Crippen LogP contribution is -2.40. The summed E-state index contributed by atoms with van der Waals surface area (Å²) >= 11 is 1.80. The van der Waals surface area contributed by atoms with Gasteiger partial charge in [-0.05, 0) is 31.1 Å². The van der Waals surface area contributed by atoms with Crippen molar-refractivity contribution in [2.45, 2.75) is 52.0 Å². The first-order valence-electron chi connectivity index (χ1n) is 8.14. The van der Waals surface area contributed by atoms with Crippen LogP contribution in [0, 0.1) is 5.41 Å². The Hall–Kier alpha value is -1.10. The number of rotatable bonds is 3. The maximum Gasteiger partial charge on any atom is 0.194 e. The van der Waals surface area contributed by atoms with E-state index in [9.17, 15) is 0 Å². The van der Waals surface area contributed by atoms with Gasteiger partial charge in [-0.25, -0.2) is 4.98 Å². The number of hydrogen-bond acceptors (Lipinski definition) is 3. The molecule has 0 bridgehead atoms. The van der Waals surface area contributed by atoms with Crippen molar-refractivity contribution >= 4 is 17.3 Å². The van der Waals surface area contributed by atoms with Gasteiger partial charge in [-0.1, -0.05) is 19.8 Å². The molecular formula is C16H26N4S. The Kier molecular flexibility index (Phi) is 4.48. The summed E-state index contributed by atoms with van der Waals surface area (Å²) in [6.45, 7) is 5.30. The van der Waals surface area contributed by atoms with Crippen molar-refractivity contribution in [3.63, 3.8) is 0 Å². The lowest BCUT2D eigenvalue weighted by atomic mass is 9.86. The molecule has 2 heterocycles. The number of nitrogens with one attached hydrogen (secondary N) is 1. The minimum Gasteiger partial charge on any atom is -0.350 e. The third-order valence-corrected chi connectivity index (χ3v) is 6.10. The van der Waals surface area contributed by atoms with Crippen LogP contribution in [-0.4, -0.2) is 36.0 Å². The number of hydrogen-bond donors (Lipinski definition) is 1. The second-order valence-corrected chi connectivity index (χ2v) is 7.55. The Labute approximate surface area is 131 Å². The van der Waals surface area contributed by atoms with Crippen LogP contribution in [0.4, 0.5) is 0 Å². The Morgan fingerprint density at radius 1 is 1.43 bits per heavy atom. The van der Waals surface area contributed by atoms with E-state index in [0.29, 0.717) is 5.41 Å². The van der Waals surface area contributed by atoms with Gasteiger partial charge < -0.3 is 10.2 Å². The SMILES string of the molecule is CCc1cnc(CNC(=NC)N2CCC3(CCCC3)C2)s1. The van der Waals surface area contributed by atoms with E-state index in [1.807, 2.05) is 13.2 Å². The van der Waals surface area contributed by atoms with Crippen LogP contribution in [0.3, 0.4) is 0 Å². The van der Waals surface area contributed by atoms with Crippen LogP contribution in [0.5, 0.6) is 0 Å². The van der Waals surface area contributed by atoms with E-state index >= 15 is 0 Å². The van der Waals surface area contributed by atoms with Crippen LogP contribution in [0.1, 0.15) is 48.9 Å². The fraction of sp³-hybridized carbons (Fsp3) is 0.750. The van der Waals surface area contributed by atoms with Crippen molar-refractivity contribution in [2.75, 3.05) is 20.1 Å². The zero-order valence-corrected chi connectivity index (χ0v) is 14.0. The molecule has 1 aliphatic carbocycles. The van der Waals surface area contributed by atoms with Crippen LogP contribution >= 0.6 is 11.3 Å². The van der Waals surface area contributed by atoms with Gasteiger partial charge in [-0.3, -0.25) is 4.99 Å². The number of aryl methyl sites for hydroxylation is 1. The zero-order valence-electron chi connectivity index (χ0n) is 13.2. The molecule has 0 amide bonds. The van der Waals surface area contributed by atoms with E-state index in [2.05, 4.69) is 27.1 Å². The molecule has 1 saturated heterocycles. The molecule has 0 atom stereocenters. The van der Waals surface area contributed by atoms with E-state index in [-0.39, 0.29) is 0 Å². The molecule has 1 N–H and O–H groups in total. The van der Waals surface area contributed by atoms with E-state index in [4.69, 9.17) is 0 Å². The molecule has 2 fully saturated rings. The number of aromatic nitrogens is 1. The van der Waals surface area contributed by atoms with Crippen molar-refractivity contribution in [1.29, 1.82) is 0 Å². The Bertz CT molecular complexity index is 502. The molecule has 0 aromatic carbocycles. The molecule has 1 aromatic heterocycles. The lowest BCUT2D eigenvalue weighted by Gasteiger charge is -2.25. The largest absolute Gasteiger partial charge is 0.350 e. The summed E-state index contributed by atoms with van der Waals surface area (Å²) in [6.07, 6.45) is 10.1. The molecule has 3 rings (SSSR count). The van der Waals surface area contributed by atoms with Gasteiger partial charge in [0.15, 0.2) is 5.96 Å². The predicted octanol–water partition coefficient (Wildman–Crippen LogP) is 3.05. The fourth-order valence-electron chi connectivity index (χ4n) is 3.73. The first kappa shape index (κ1) is 14.8. The van der Waals surface area contributed by atoms with E-state index < -0.39 is 0 Å². The molecule has 4 nitrogen and oxygen atoms in total. The standard InChI is InChI=1S/C16H26N4S/c1-3-13-10-18-14(21-13)11-19-15(17-2)20-9-8-16(12-20)6-4-5-7-16/h10H,3-9,11-12H2,1-2H3,(H,17,19). The van der Waals surface area contributed by atoms with Gasteiger partial charge in [0.05, 0.1) is 6.54 Å². The van der Waals surface area contributed by atoms with E-state index in [1.54, 1.807) is 11.3 Å². The van der Waals surface area contributed by atoms with Gasteiger partial charge in [-0.2, -0.15) is 0 Å². The molecule has 1 aliphatic heterocycles. The normalized spacial score (nSPS) is 21.4. The van der Waals surface area contributed by atoms with Crippen molar-refractivity contribution in [3.8, 4) is 0 Å². The monoisotopic (exact) mass is 306 g/mol. The maximum atomic E-state index is 4.47. The van der Waals surface area contributed by atoms with Gasteiger partial charge in [0.1, 0.15) is 5.01 Å². The summed E-state index contributed by atoms with van der Waals surface area (Å²) in [5, 5.41) is 4.65. The highest BCUT2D eigenvalue weighted by molar-refractivity contribution is 7.11. The minimum atomic E-state index is 0.591. The molecule has 2 aliphatic rings. The summed E-state index contributed by atoms with van der Waals surface area (Å²) in [5.74, 6) is 1.05. The average Bonchev–Trinajstić information content (AvgIpc) is 3.23. The van der Waals surface area contributed by atoms with Crippen molar-refractivity contribution in [1.82, 2.24) is 15.2 Å². The smallest absolute Gasteiger partial charge is 0.194 e.